The lowest BCUT2D eigenvalue weighted by Gasteiger charge is -2.29. The number of carbonyl (C=O) groups is 2. The molecule has 3 aromatic rings. The van der Waals surface area contributed by atoms with E-state index in [0.29, 0.717) is 41.7 Å². The predicted molar refractivity (Wildman–Crippen MR) is 105 cm³/mol. The molecule has 1 aliphatic rings. The van der Waals surface area contributed by atoms with E-state index in [-0.39, 0.29) is 11.6 Å². The first-order valence-corrected chi connectivity index (χ1v) is 8.73. The Morgan fingerprint density at radius 2 is 1.75 bits per heavy atom. The highest BCUT2D eigenvalue weighted by molar-refractivity contribution is 6.02. The Morgan fingerprint density at radius 3 is 2.54 bits per heavy atom. The van der Waals surface area contributed by atoms with E-state index in [0.717, 1.165) is 0 Å². The van der Waals surface area contributed by atoms with Gasteiger partial charge in [-0.1, -0.05) is 36.4 Å². The van der Waals surface area contributed by atoms with Crippen LogP contribution in [0.2, 0.25) is 0 Å². The van der Waals surface area contributed by atoms with Gasteiger partial charge in [0, 0.05) is 11.3 Å². The summed E-state index contributed by atoms with van der Waals surface area (Å²) in [5, 5.41) is 12.3. The molecule has 0 radical (unpaired) electrons. The molecule has 1 aliphatic heterocycles. The number of benzene rings is 2. The van der Waals surface area contributed by atoms with Gasteiger partial charge in [0.15, 0.2) is 11.6 Å². The van der Waals surface area contributed by atoms with Crippen molar-refractivity contribution in [3.63, 3.8) is 0 Å². The molecule has 4 rings (SSSR count). The van der Waals surface area contributed by atoms with Crippen molar-refractivity contribution in [1.82, 2.24) is 4.98 Å². The van der Waals surface area contributed by atoms with Crippen LogP contribution in [0, 0.1) is 0 Å². The van der Waals surface area contributed by atoms with Gasteiger partial charge in [0.1, 0.15) is 6.61 Å². The van der Waals surface area contributed by atoms with E-state index < -0.39 is 5.97 Å². The molecule has 0 fully saturated rings. The van der Waals surface area contributed by atoms with Gasteiger partial charge in [0.05, 0.1) is 17.8 Å². The number of amides is 2. The van der Waals surface area contributed by atoms with Crippen LogP contribution in [0.5, 0.6) is 5.75 Å². The largest absolute Gasteiger partial charge is 0.488 e. The van der Waals surface area contributed by atoms with Gasteiger partial charge in [0.25, 0.3) is 0 Å². The standard InChI is InChI=1S/C21H17N3O4/c25-20(26)16-9-5-4-8-15(16)17-10-11-18-19(23-17)24(12-13-28-18)21(27)22-14-6-2-1-3-7-14/h1-11H,12-13H2,(H,22,27)(H,25,26). The molecule has 7 nitrogen and oxygen atoms in total. The van der Waals surface area contributed by atoms with Crippen LogP contribution in [0.15, 0.2) is 66.7 Å². The van der Waals surface area contributed by atoms with Crippen LogP contribution in [-0.4, -0.2) is 35.2 Å². The number of urea groups is 1. The molecule has 0 atom stereocenters. The molecule has 0 saturated heterocycles. The van der Waals surface area contributed by atoms with Crippen molar-refractivity contribution in [2.45, 2.75) is 0 Å². The van der Waals surface area contributed by atoms with E-state index in [1.54, 1.807) is 42.5 Å². The molecule has 28 heavy (non-hydrogen) atoms. The zero-order valence-electron chi connectivity index (χ0n) is 14.8. The van der Waals surface area contributed by atoms with Gasteiger partial charge in [-0.05, 0) is 30.3 Å². The molecule has 0 bridgehead atoms. The Hall–Kier alpha value is -3.87. The van der Waals surface area contributed by atoms with Gasteiger partial charge < -0.3 is 15.2 Å². The van der Waals surface area contributed by atoms with E-state index in [1.165, 1.54) is 11.0 Å². The summed E-state index contributed by atoms with van der Waals surface area (Å²) >= 11 is 0. The minimum atomic E-state index is -1.04. The number of carboxylic acids is 1. The number of ether oxygens (including phenoxy) is 1. The molecule has 2 aromatic carbocycles. The van der Waals surface area contributed by atoms with Gasteiger partial charge in [-0.3, -0.25) is 4.90 Å². The number of carboxylic acid groups (broad SMARTS) is 1. The third-order valence-corrected chi connectivity index (χ3v) is 4.37. The average Bonchev–Trinajstić information content (AvgIpc) is 2.73. The molecule has 0 spiro atoms. The number of hydrogen-bond acceptors (Lipinski definition) is 4. The van der Waals surface area contributed by atoms with Crippen molar-refractivity contribution < 1.29 is 19.4 Å². The van der Waals surface area contributed by atoms with Crippen molar-refractivity contribution in [3.8, 4) is 17.0 Å². The molecule has 2 heterocycles. The molecule has 2 amide bonds. The molecule has 7 heteroatoms. The number of rotatable bonds is 3. The van der Waals surface area contributed by atoms with Crippen LogP contribution in [0.3, 0.4) is 0 Å². The second kappa shape index (κ2) is 7.40. The third kappa shape index (κ3) is 3.37. The highest BCUT2D eigenvalue weighted by atomic mass is 16.5. The number of hydrogen-bond donors (Lipinski definition) is 2. The number of nitrogens with one attached hydrogen (secondary N) is 1. The minimum Gasteiger partial charge on any atom is -0.488 e. The number of aromatic carboxylic acids is 1. The predicted octanol–water partition coefficient (Wildman–Crippen LogP) is 3.88. The quantitative estimate of drug-likeness (QED) is 0.725. The molecule has 0 saturated carbocycles. The summed E-state index contributed by atoms with van der Waals surface area (Å²) in [5.41, 5.74) is 1.76. The first-order valence-electron chi connectivity index (χ1n) is 8.73. The lowest BCUT2D eigenvalue weighted by Crippen LogP contribution is -2.41. The zero-order chi connectivity index (χ0) is 19.5. The molecular formula is C21H17N3O4. The van der Waals surface area contributed by atoms with Crippen LogP contribution in [0.25, 0.3) is 11.3 Å². The minimum absolute atomic E-state index is 0.145. The van der Waals surface area contributed by atoms with Crippen molar-refractivity contribution in [3.05, 3.63) is 72.3 Å². The fourth-order valence-corrected chi connectivity index (χ4v) is 3.05. The Morgan fingerprint density at radius 1 is 1.00 bits per heavy atom. The van der Waals surface area contributed by atoms with E-state index in [2.05, 4.69) is 10.3 Å². The van der Waals surface area contributed by atoms with E-state index in [1.807, 2.05) is 18.2 Å². The maximum Gasteiger partial charge on any atom is 0.336 e. The first kappa shape index (κ1) is 17.5. The number of nitrogens with zero attached hydrogens (tertiary/aromatic N) is 2. The third-order valence-electron chi connectivity index (χ3n) is 4.37. The lowest BCUT2D eigenvalue weighted by molar-refractivity contribution is 0.0697. The average molecular weight is 375 g/mol. The maximum atomic E-state index is 12.8. The summed E-state index contributed by atoms with van der Waals surface area (Å²) in [4.78, 5) is 30.4. The topological polar surface area (TPSA) is 91.8 Å². The number of anilines is 2. The number of fused-ring (bicyclic) bond motifs is 1. The van der Waals surface area contributed by atoms with Gasteiger partial charge >= 0.3 is 12.0 Å². The number of para-hydroxylation sites is 1. The Kier molecular flexibility index (Phi) is 4.63. The molecule has 1 aromatic heterocycles. The van der Waals surface area contributed by atoms with Crippen molar-refractivity contribution in [1.29, 1.82) is 0 Å². The molecule has 0 aliphatic carbocycles. The van der Waals surface area contributed by atoms with E-state index >= 15 is 0 Å². The Bertz CT molecular complexity index is 1040. The van der Waals surface area contributed by atoms with Crippen LogP contribution < -0.4 is 15.0 Å². The smallest absolute Gasteiger partial charge is 0.336 e. The lowest BCUT2D eigenvalue weighted by atomic mass is 10.0. The van der Waals surface area contributed by atoms with Crippen molar-refractivity contribution in [2.24, 2.45) is 0 Å². The second-order valence-electron chi connectivity index (χ2n) is 6.17. The zero-order valence-corrected chi connectivity index (χ0v) is 14.8. The Labute approximate surface area is 161 Å². The van der Waals surface area contributed by atoms with Gasteiger partial charge in [-0.25, -0.2) is 14.6 Å². The summed E-state index contributed by atoms with van der Waals surface area (Å²) in [6.07, 6.45) is 0. The normalized spacial score (nSPS) is 12.6. The van der Waals surface area contributed by atoms with E-state index in [4.69, 9.17) is 4.74 Å². The molecule has 140 valence electrons. The summed E-state index contributed by atoms with van der Waals surface area (Å²) in [5.74, 6) is -0.201. The fraction of sp³-hybridized carbons (Fsp3) is 0.0952. The SMILES string of the molecule is O=C(O)c1ccccc1-c1ccc2c(n1)N(C(=O)Nc1ccccc1)CCO2. The van der Waals surface area contributed by atoms with Gasteiger partial charge in [0.2, 0.25) is 0 Å². The van der Waals surface area contributed by atoms with Crippen LogP contribution in [0.1, 0.15) is 10.4 Å². The molecule has 0 unspecified atom stereocenters. The summed E-state index contributed by atoms with van der Waals surface area (Å²) in [7, 11) is 0. The highest BCUT2D eigenvalue weighted by Crippen LogP contribution is 2.33. The number of pyridine rings is 1. The second-order valence-corrected chi connectivity index (χ2v) is 6.17. The van der Waals surface area contributed by atoms with Gasteiger partial charge in [-0.15, -0.1) is 0 Å². The van der Waals surface area contributed by atoms with Crippen molar-refractivity contribution in [2.75, 3.05) is 23.4 Å². The monoisotopic (exact) mass is 375 g/mol. The summed E-state index contributed by atoms with van der Waals surface area (Å²) in [6.45, 7) is 0.685. The molecule has 2 N–H and O–H groups in total. The summed E-state index contributed by atoms with van der Waals surface area (Å²) in [6, 6.07) is 18.8. The maximum absolute atomic E-state index is 12.8. The van der Waals surface area contributed by atoms with Crippen molar-refractivity contribution >= 4 is 23.5 Å². The Balaban J connectivity index is 1.70. The summed E-state index contributed by atoms with van der Waals surface area (Å²) < 4.78 is 5.62. The van der Waals surface area contributed by atoms with E-state index in [9.17, 15) is 14.7 Å². The van der Waals surface area contributed by atoms with Crippen LogP contribution >= 0.6 is 0 Å². The first-order chi connectivity index (χ1) is 13.6. The highest BCUT2D eigenvalue weighted by Gasteiger charge is 2.26. The van der Waals surface area contributed by atoms with Crippen LogP contribution in [-0.2, 0) is 0 Å². The number of carbonyl (C=O) groups excluding carboxylic acids is 1. The fourth-order valence-electron chi connectivity index (χ4n) is 3.05. The van der Waals surface area contributed by atoms with Crippen LogP contribution in [0.4, 0.5) is 16.3 Å². The number of aromatic nitrogens is 1. The van der Waals surface area contributed by atoms with Gasteiger partial charge in [-0.2, -0.15) is 0 Å². The molecular weight excluding hydrogens is 358 g/mol.